The molecular formula is C11H11ClFNO4. The van der Waals surface area contributed by atoms with Gasteiger partial charge in [-0.1, -0.05) is 17.7 Å². The number of carboxylic acids is 1. The van der Waals surface area contributed by atoms with E-state index in [9.17, 15) is 14.0 Å². The zero-order valence-electron chi connectivity index (χ0n) is 9.19. The van der Waals surface area contributed by atoms with Crippen molar-refractivity contribution in [2.24, 2.45) is 0 Å². The summed E-state index contributed by atoms with van der Waals surface area (Å²) >= 11 is 5.51. The molecule has 18 heavy (non-hydrogen) atoms. The Morgan fingerprint density at radius 3 is 2.72 bits per heavy atom. The Kier molecular flexibility index (Phi) is 5.06. The smallest absolute Gasteiger partial charge is 0.332 e. The van der Waals surface area contributed by atoms with Gasteiger partial charge in [-0.3, -0.25) is 4.79 Å². The molecule has 0 aliphatic heterocycles. The van der Waals surface area contributed by atoms with Crippen LogP contribution in [-0.4, -0.2) is 34.7 Å². The van der Waals surface area contributed by atoms with E-state index in [0.717, 1.165) is 0 Å². The van der Waals surface area contributed by atoms with Gasteiger partial charge in [-0.25, -0.2) is 9.18 Å². The maximum Gasteiger partial charge on any atom is 0.332 e. The second kappa shape index (κ2) is 6.32. The molecule has 5 nitrogen and oxygen atoms in total. The zero-order chi connectivity index (χ0) is 13.7. The van der Waals surface area contributed by atoms with E-state index < -0.39 is 23.8 Å². The van der Waals surface area contributed by atoms with Gasteiger partial charge in [0.2, 0.25) is 0 Å². The van der Waals surface area contributed by atoms with E-state index in [1.54, 1.807) is 0 Å². The van der Waals surface area contributed by atoms with Crippen LogP contribution in [0.1, 0.15) is 16.8 Å². The molecule has 1 aromatic carbocycles. The Morgan fingerprint density at radius 2 is 2.11 bits per heavy atom. The van der Waals surface area contributed by atoms with Crippen molar-refractivity contribution in [2.75, 3.05) is 6.54 Å². The highest BCUT2D eigenvalue weighted by Gasteiger charge is 2.16. The van der Waals surface area contributed by atoms with Crippen molar-refractivity contribution in [3.8, 4) is 0 Å². The van der Waals surface area contributed by atoms with Gasteiger partial charge in [0.05, 0.1) is 10.6 Å². The largest absolute Gasteiger partial charge is 0.479 e. The first-order chi connectivity index (χ1) is 8.43. The summed E-state index contributed by atoms with van der Waals surface area (Å²) in [7, 11) is 0. The third-order valence-corrected chi connectivity index (χ3v) is 2.48. The minimum atomic E-state index is -1.56. The molecule has 0 aromatic heterocycles. The summed E-state index contributed by atoms with van der Waals surface area (Å²) in [5.74, 6) is -2.93. The summed E-state index contributed by atoms with van der Waals surface area (Å²) in [4.78, 5) is 21.8. The average molecular weight is 276 g/mol. The van der Waals surface area contributed by atoms with Crippen molar-refractivity contribution in [3.63, 3.8) is 0 Å². The van der Waals surface area contributed by atoms with Gasteiger partial charge in [0.1, 0.15) is 0 Å². The molecule has 98 valence electrons. The lowest BCUT2D eigenvalue weighted by molar-refractivity contribution is -0.146. The molecule has 1 amide bonds. The fourth-order valence-electron chi connectivity index (χ4n) is 1.22. The lowest BCUT2D eigenvalue weighted by Crippen LogP contribution is -2.30. The van der Waals surface area contributed by atoms with E-state index in [2.05, 4.69) is 5.32 Å². The van der Waals surface area contributed by atoms with Gasteiger partial charge in [-0.15, -0.1) is 0 Å². The number of hydrogen-bond donors (Lipinski definition) is 3. The standard InChI is InChI=1S/C11H11ClFNO4/c12-7-3-1-2-6(9(7)13)10(16)14-5-4-8(15)11(17)18/h1-3,8,15H,4-5H2,(H,14,16)(H,17,18)/t8-/m0/s1. The first-order valence-electron chi connectivity index (χ1n) is 5.06. The van der Waals surface area contributed by atoms with Crippen molar-refractivity contribution in [2.45, 2.75) is 12.5 Å². The van der Waals surface area contributed by atoms with Crippen LogP contribution in [0.4, 0.5) is 4.39 Å². The van der Waals surface area contributed by atoms with Crippen LogP contribution in [0.5, 0.6) is 0 Å². The molecule has 1 aromatic rings. The van der Waals surface area contributed by atoms with Crippen LogP contribution in [0.25, 0.3) is 0 Å². The molecule has 0 heterocycles. The molecule has 0 bridgehead atoms. The van der Waals surface area contributed by atoms with Crippen molar-refractivity contribution >= 4 is 23.5 Å². The number of aliphatic carboxylic acids is 1. The van der Waals surface area contributed by atoms with Crippen molar-refractivity contribution in [1.82, 2.24) is 5.32 Å². The highest BCUT2D eigenvalue weighted by Crippen LogP contribution is 2.17. The molecule has 0 unspecified atom stereocenters. The first-order valence-corrected chi connectivity index (χ1v) is 5.44. The van der Waals surface area contributed by atoms with Crippen LogP contribution in [-0.2, 0) is 4.79 Å². The van der Waals surface area contributed by atoms with E-state index in [-0.39, 0.29) is 23.6 Å². The van der Waals surface area contributed by atoms with Gasteiger partial charge in [0.25, 0.3) is 5.91 Å². The van der Waals surface area contributed by atoms with Crippen LogP contribution < -0.4 is 5.32 Å². The predicted octanol–water partition coefficient (Wildman–Crippen LogP) is 1.04. The molecule has 0 saturated heterocycles. The normalized spacial score (nSPS) is 11.9. The summed E-state index contributed by atoms with van der Waals surface area (Å²) in [6, 6.07) is 3.98. The number of aliphatic hydroxyl groups is 1. The molecule has 1 rings (SSSR count). The van der Waals surface area contributed by atoms with Crippen molar-refractivity contribution < 1.29 is 24.2 Å². The number of hydrogen-bond acceptors (Lipinski definition) is 3. The third-order valence-electron chi connectivity index (χ3n) is 2.18. The van der Waals surface area contributed by atoms with E-state index in [1.165, 1.54) is 18.2 Å². The first kappa shape index (κ1) is 14.4. The number of nitrogens with one attached hydrogen (secondary N) is 1. The quantitative estimate of drug-likeness (QED) is 0.749. The molecule has 7 heteroatoms. The zero-order valence-corrected chi connectivity index (χ0v) is 9.95. The Morgan fingerprint density at radius 1 is 1.44 bits per heavy atom. The van der Waals surface area contributed by atoms with Crippen LogP contribution in [0, 0.1) is 5.82 Å². The minimum absolute atomic E-state index is 0.0851. The van der Waals surface area contributed by atoms with E-state index in [1.807, 2.05) is 0 Å². The molecule has 0 radical (unpaired) electrons. The van der Waals surface area contributed by atoms with Crippen LogP contribution >= 0.6 is 11.6 Å². The molecule has 0 spiro atoms. The molecule has 0 aliphatic rings. The predicted molar refractivity (Wildman–Crippen MR) is 62.0 cm³/mol. The SMILES string of the molecule is O=C(NCC[C@H](O)C(=O)O)c1cccc(Cl)c1F. The van der Waals surface area contributed by atoms with Gasteiger partial charge < -0.3 is 15.5 Å². The molecule has 0 aliphatic carbocycles. The van der Waals surface area contributed by atoms with Crippen LogP contribution in [0.2, 0.25) is 5.02 Å². The maximum absolute atomic E-state index is 13.4. The maximum atomic E-state index is 13.4. The second-order valence-corrected chi connectivity index (χ2v) is 3.91. The van der Waals surface area contributed by atoms with Crippen LogP contribution in [0.15, 0.2) is 18.2 Å². The third kappa shape index (κ3) is 3.68. The van der Waals surface area contributed by atoms with Crippen molar-refractivity contribution in [1.29, 1.82) is 0 Å². The molecule has 3 N–H and O–H groups in total. The minimum Gasteiger partial charge on any atom is -0.479 e. The Hall–Kier alpha value is -1.66. The van der Waals surface area contributed by atoms with Crippen LogP contribution in [0.3, 0.4) is 0 Å². The van der Waals surface area contributed by atoms with E-state index >= 15 is 0 Å². The van der Waals surface area contributed by atoms with Gasteiger partial charge in [-0.2, -0.15) is 0 Å². The summed E-state index contributed by atoms with van der Waals surface area (Å²) < 4.78 is 13.4. The summed E-state index contributed by atoms with van der Waals surface area (Å²) in [6.45, 7) is -0.0851. The number of amides is 1. The second-order valence-electron chi connectivity index (χ2n) is 3.50. The molecule has 1 atom stereocenters. The van der Waals surface area contributed by atoms with Gasteiger partial charge in [0, 0.05) is 13.0 Å². The highest BCUT2D eigenvalue weighted by molar-refractivity contribution is 6.31. The summed E-state index contributed by atoms with van der Waals surface area (Å²) in [5, 5.41) is 19.5. The number of carbonyl (C=O) groups is 2. The number of aliphatic hydroxyl groups excluding tert-OH is 1. The monoisotopic (exact) mass is 275 g/mol. The molecule has 0 fully saturated rings. The lowest BCUT2D eigenvalue weighted by Gasteiger charge is -2.08. The number of carbonyl (C=O) groups excluding carboxylic acids is 1. The summed E-state index contributed by atoms with van der Waals surface area (Å²) in [6.07, 6.45) is -1.72. The summed E-state index contributed by atoms with van der Waals surface area (Å²) in [5.41, 5.74) is -0.229. The van der Waals surface area contributed by atoms with Gasteiger partial charge >= 0.3 is 5.97 Å². The van der Waals surface area contributed by atoms with Gasteiger partial charge in [0.15, 0.2) is 11.9 Å². The number of rotatable bonds is 5. The molecular weight excluding hydrogens is 265 g/mol. The average Bonchev–Trinajstić information content (AvgIpc) is 2.32. The number of benzene rings is 1. The Bertz CT molecular complexity index is 466. The highest BCUT2D eigenvalue weighted by atomic mass is 35.5. The van der Waals surface area contributed by atoms with Crippen molar-refractivity contribution in [3.05, 3.63) is 34.6 Å². The van der Waals surface area contributed by atoms with Gasteiger partial charge in [-0.05, 0) is 12.1 Å². The fraction of sp³-hybridized carbons (Fsp3) is 0.273. The van der Waals surface area contributed by atoms with E-state index in [4.69, 9.17) is 21.8 Å². The fourth-order valence-corrected chi connectivity index (χ4v) is 1.39. The number of carboxylic acid groups (broad SMARTS) is 1. The Balaban J connectivity index is 2.56. The number of halogens is 2. The van der Waals surface area contributed by atoms with E-state index in [0.29, 0.717) is 0 Å². The lowest BCUT2D eigenvalue weighted by atomic mass is 10.2. The topological polar surface area (TPSA) is 86.6 Å². The molecule has 0 saturated carbocycles. The Labute approximate surface area is 107 Å².